The van der Waals surface area contributed by atoms with Gasteiger partial charge in [-0.2, -0.15) is 9.97 Å². The van der Waals surface area contributed by atoms with E-state index in [4.69, 9.17) is 15.9 Å². The summed E-state index contributed by atoms with van der Waals surface area (Å²) >= 11 is 0. The summed E-state index contributed by atoms with van der Waals surface area (Å²) in [6.07, 6.45) is 1.40. The van der Waals surface area contributed by atoms with Gasteiger partial charge in [0, 0.05) is 0 Å². The number of carboxylic acid groups (broad SMARTS) is 1. The topological polar surface area (TPSA) is 179 Å². The van der Waals surface area contributed by atoms with E-state index in [0.29, 0.717) is 11.2 Å². The lowest BCUT2D eigenvalue weighted by Gasteiger charge is -2.12. The third-order valence-corrected chi connectivity index (χ3v) is 2.54. The first kappa shape index (κ1) is 14.5. The fraction of sp³-hybridized carbons (Fsp3) is 0.300. The lowest BCUT2D eigenvalue weighted by molar-refractivity contribution is -0.142. The number of carbonyl (C=O) groups is 2. The van der Waals surface area contributed by atoms with Gasteiger partial charge in [-0.15, -0.1) is 0 Å². The van der Waals surface area contributed by atoms with Crippen molar-refractivity contribution in [3.63, 3.8) is 0 Å². The minimum absolute atomic E-state index is 0.0173. The molecule has 1 unspecified atom stereocenters. The average Bonchev–Trinajstić information content (AvgIpc) is 2.89. The highest BCUT2D eigenvalue weighted by molar-refractivity contribution is 5.89. The van der Waals surface area contributed by atoms with Crippen LogP contribution in [-0.4, -0.2) is 61.2 Å². The predicted octanol–water partition coefficient (Wildman–Crippen LogP) is -2.09. The third kappa shape index (κ3) is 3.33. The highest BCUT2D eigenvalue weighted by Gasteiger charge is 2.18. The smallest absolute Gasteiger partial charge is 0.328 e. The van der Waals surface area contributed by atoms with Gasteiger partial charge in [0.05, 0.1) is 19.5 Å². The Labute approximate surface area is 117 Å². The first-order chi connectivity index (χ1) is 10.0. The van der Waals surface area contributed by atoms with Gasteiger partial charge in [0.25, 0.3) is 0 Å². The summed E-state index contributed by atoms with van der Waals surface area (Å²) in [7, 11) is 0. The molecule has 1 amide bonds. The number of hydrogen-bond donors (Lipinski definition) is 6. The summed E-state index contributed by atoms with van der Waals surface area (Å²) in [5, 5.41) is 22.4. The van der Waals surface area contributed by atoms with Crippen molar-refractivity contribution in [2.24, 2.45) is 0 Å². The van der Waals surface area contributed by atoms with Gasteiger partial charge in [-0.1, -0.05) is 0 Å². The van der Waals surface area contributed by atoms with Crippen molar-refractivity contribution in [3.05, 3.63) is 6.33 Å². The SMILES string of the molecule is Nc1nc(NCC(=O)NC(CO)C(=O)O)c2[nH]cnc2n1. The van der Waals surface area contributed by atoms with Crippen molar-refractivity contribution in [3.8, 4) is 0 Å². The number of aliphatic carboxylic acids is 1. The number of aromatic amines is 1. The lowest BCUT2D eigenvalue weighted by Crippen LogP contribution is -2.45. The molecule has 7 N–H and O–H groups in total. The monoisotopic (exact) mass is 295 g/mol. The molecule has 0 saturated heterocycles. The Balaban J connectivity index is 2.03. The van der Waals surface area contributed by atoms with Crippen molar-refractivity contribution < 1.29 is 19.8 Å². The quantitative estimate of drug-likeness (QED) is 0.348. The van der Waals surface area contributed by atoms with E-state index in [0.717, 1.165) is 0 Å². The molecular formula is C10H13N7O4. The van der Waals surface area contributed by atoms with Gasteiger partial charge in [0.1, 0.15) is 11.6 Å². The molecule has 0 radical (unpaired) electrons. The van der Waals surface area contributed by atoms with Crippen LogP contribution < -0.4 is 16.4 Å². The molecule has 112 valence electrons. The maximum absolute atomic E-state index is 11.6. The first-order valence-corrected chi connectivity index (χ1v) is 5.84. The molecule has 2 heterocycles. The number of rotatable bonds is 6. The standard InChI is InChI=1S/C10H13N7O4/c11-10-16-7(6-8(17-10)14-3-13-6)12-1-5(19)15-4(2-18)9(20)21/h3-4,18H,1-2H2,(H,15,19)(H,20,21)(H4,11,12,13,14,16,17). The Morgan fingerprint density at radius 1 is 1.43 bits per heavy atom. The van der Waals surface area contributed by atoms with Crippen molar-refractivity contribution in [2.45, 2.75) is 6.04 Å². The number of hydrogen-bond acceptors (Lipinski definition) is 8. The minimum atomic E-state index is -1.36. The number of aromatic nitrogens is 4. The van der Waals surface area contributed by atoms with Gasteiger partial charge >= 0.3 is 5.97 Å². The number of nitrogen functional groups attached to an aromatic ring is 1. The third-order valence-electron chi connectivity index (χ3n) is 2.54. The van der Waals surface area contributed by atoms with Crippen LogP contribution in [0, 0.1) is 0 Å². The number of nitrogens with zero attached hydrogens (tertiary/aromatic N) is 3. The summed E-state index contributed by atoms with van der Waals surface area (Å²) in [6.45, 7) is -0.958. The van der Waals surface area contributed by atoms with Crippen LogP contribution in [-0.2, 0) is 9.59 Å². The van der Waals surface area contributed by atoms with E-state index < -0.39 is 24.5 Å². The van der Waals surface area contributed by atoms with E-state index in [1.54, 1.807) is 0 Å². The maximum atomic E-state index is 11.6. The number of amides is 1. The maximum Gasteiger partial charge on any atom is 0.328 e. The summed E-state index contributed by atoms with van der Waals surface area (Å²) in [6, 6.07) is -1.36. The zero-order valence-corrected chi connectivity index (χ0v) is 10.7. The molecule has 1 atom stereocenters. The van der Waals surface area contributed by atoms with E-state index in [2.05, 4.69) is 30.6 Å². The van der Waals surface area contributed by atoms with Crippen LogP contribution >= 0.6 is 0 Å². The van der Waals surface area contributed by atoms with Gasteiger partial charge in [0.2, 0.25) is 11.9 Å². The molecule has 0 bridgehead atoms. The van der Waals surface area contributed by atoms with E-state index in [1.807, 2.05) is 0 Å². The van der Waals surface area contributed by atoms with E-state index >= 15 is 0 Å². The van der Waals surface area contributed by atoms with Gasteiger partial charge < -0.3 is 31.6 Å². The molecule has 11 heteroatoms. The van der Waals surface area contributed by atoms with Gasteiger partial charge in [-0.3, -0.25) is 4.79 Å². The summed E-state index contributed by atoms with van der Waals surface area (Å²) < 4.78 is 0. The number of H-pyrrole nitrogens is 1. The fourth-order valence-corrected chi connectivity index (χ4v) is 1.57. The Morgan fingerprint density at radius 3 is 2.86 bits per heavy atom. The molecule has 0 aliphatic carbocycles. The van der Waals surface area contributed by atoms with E-state index in [1.165, 1.54) is 6.33 Å². The molecule has 0 fully saturated rings. The van der Waals surface area contributed by atoms with Crippen LogP contribution in [0.5, 0.6) is 0 Å². The number of fused-ring (bicyclic) bond motifs is 1. The summed E-state index contributed by atoms with van der Waals surface area (Å²) in [5.74, 6) is -1.70. The molecule has 2 rings (SSSR count). The normalized spacial score (nSPS) is 12.0. The van der Waals surface area contributed by atoms with Crippen LogP contribution in [0.15, 0.2) is 6.33 Å². The largest absolute Gasteiger partial charge is 0.480 e. The van der Waals surface area contributed by atoms with E-state index in [-0.39, 0.29) is 18.3 Å². The summed E-state index contributed by atoms with van der Waals surface area (Å²) in [4.78, 5) is 36.8. The lowest BCUT2D eigenvalue weighted by atomic mass is 10.3. The molecule has 2 aromatic heterocycles. The Hall–Kier alpha value is -2.95. The molecule has 21 heavy (non-hydrogen) atoms. The second-order valence-electron chi connectivity index (χ2n) is 4.03. The van der Waals surface area contributed by atoms with E-state index in [9.17, 15) is 9.59 Å². The van der Waals surface area contributed by atoms with Crippen molar-refractivity contribution in [2.75, 3.05) is 24.2 Å². The van der Waals surface area contributed by atoms with Crippen LogP contribution in [0.25, 0.3) is 11.2 Å². The number of nitrogens with two attached hydrogens (primary N) is 1. The number of anilines is 2. The zero-order chi connectivity index (χ0) is 15.4. The molecule has 2 aromatic rings. The minimum Gasteiger partial charge on any atom is -0.480 e. The van der Waals surface area contributed by atoms with Crippen LogP contribution in [0.3, 0.4) is 0 Å². The number of aliphatic hydroxyl groups excluding tert-OH is 1. The number of imidazole rings is 1. The second kappa shape index (κ2) is 6.00. The highest BCUT2D eigenvalue weighted by Crippen LogP contribution is 2.16. The highest BCUT2D eigenvalue weighted by atomic mass is 16.4. The van der Waals surface area contributed by atoms with Crippen LogP contribution in [0.4, 0.5) is 11.8 Å². The van der Waals surface area contributed by atoms with Crippen molar-refractivity contribution in [1.82, 2.24) is 25.3 Å². The van der Waals surface area contributed by atoms with Crippen molar-refractivity contribution in [1.29, 1.82) is 0 Å². The van der Waals surface area contributed by atoms with Crippen LogP contribution in [0.1, 0.15) is 0 Å². The summed E-state index contributed by atoms with van der Waals surface area (Å²) in [5.41, 5.74) is 6.31. The number of carboxylic acids is 1. The Morgan fingerprint density at radius 2 is 2.19 bits per heavy atom. The Bertz CT molecular complexity index is 670. The predicted molar refractivity (Wildman–Crippen MR) is 71.2 cm³/mol. The first-order valence-electron chi connectivity index (χ1n) is 5.84. The molecule has 11 nitrogen and oxygen atoms in total. The molecule has 0 aromatic carbocycles. The molecule has 0 saturated carbocycles. The van der Waals surface area contributed by atoms with Gasteiger partial charge in [0.15, 0.2) is 11.5 Å². The number of nitrogens with one attached hydrogen (secondary N) is 3. The van der Waals surface area contributed by atoms with Crippen molar-refractivity contribution >= 4 is 34.8 Å². The molecular weight excluding hydrogens is 282 g/mol. The molecule has 0 aliphatic heterocycles. The van der Waals surface area contributed by atoms with Gasteiger partial charge in [-0.05, 0) is 0 Å². The molecule has 0 spiro atoms. The van der Waals surface area contributed by atoms with Crippen LogP contribution in [0.2, 0.25) is 0 Å². The number of aliphatic hydroxyl groups is 1. The Kier molecular flexibility index (Phi) is 4.13. The fourth-order valence-electron chi connectivity index (χ4n) is 1.57. The average molecular weight is 295 g/mol. The zero-order valence-electron chi connectivity index (χ0n) is 10.7. The molecule has 0 aliphatic rings. The van der Waals surface area contributed by atoms with Gasteiger partial charge in [-0.25, -0.2) is 9.78 Å². The number of carbonyl (C=O) groups excluding carboxylic acids is 1. The second-order valence-corrected chi connectivity index (χ2v) is 4.03.